The molecule has 0 spiro atoms. The lowest BCUT2D eigenvalue weighted by Crippen LogP contribution is -2.41. The predicted octanol–water partition coefficient (Wildman–Crippen LogP) is 0.878. The van der Waals surface area contributed by atoms with Gasteiger partial charge in [0.05, 0.1) is 7.11 Å². The van der Waals surface area contributed by atoms with Gasteiger partial charge in [0.15, 0.2) is 0 Å². The van der Waals surface area contributed by atoms with Crippen molar-refractivity contribution in [3.63, 3.8) is 0 Å². The van der Waals surface area contributed by atoms with Gasteiger partial charge in [-0.25, -0.2) is 4.79 Å². The number of carboxylic acid groups (broad SMARTS) is 1. The van der Waals surface area contributed by atoms with Gasteiger partial charge < -0.3 is 20.1 Å². The average Bonchev–Trinajstić information content (AvgIpc) is 2.54. The van der Waals surface area contributed by atoms with Crippen molar-refractivity contribution in [1.29, 1.82) is 0 Å². The van der Waals surface area contributed by atoms with E-state index in [4.69, 9.17) is 9.84 Å². The Bertz CT molecular complexity index is 629. The predicted molar refractivity (Wildman–Crippen MR) is 82.2 cm³/mol. The fourth-order valence-corrected chi connectivity index (χ4v) is 2.53. The first kappa shape index (κ1) is 16.8. The molecule has 7 heteroatoms. The molecule has 0 aromatic heterocycles. The third-order valence-electron chi connectivity index (χ3n) is 3.99. The Balaban J connectivity index is 1.98. The molecule has 1 aromatic carbocycles. The zero-order valence-electron chi connectivity index (χ0n) is 13.2. The highest BCUT2D eigenvalue weighted by atomic mass is 16.5. The first-order chi connectivity index (χ1) is 10.9. The number of carboxylic acids is 1. The second-order valence-electron chi connectivity index (χ2n) is 5.56. The summed E-state index contributed by atoms with van der Waals surface area (Å²) in [4.78, 5) is 36.6. The molecule has 2 amide bonds. The molecule has 0 radical (unpaired) electrons. The van der Waals surface area contributed by atoms with Crippen molar-refractivity contribution in [2.24, 2.45) is 5.92 Å². The van der Waals surface area contributed by atoms with Gasteiger partial charge in [-0.05, 0) is 24.1 Å². The molecular formula is C16H20N2O5. The summed E-state index contributed by atoms with van der Waals surface area (Å²) in [7, 11) is 3.13. The zero-order valence-corrected chi connectivity index (χ0v) is 13.2. The van der Waals surface area contributed by atoms with Crippen LogP contribution in [0.5, 0.6) is 5.75 Å². The van der Waals surface area contributed by atoms with Crippen molar-refractivity contribution in [1.82, 2.24) is 10.2 Å². The van der Waals surface area contributed by atoms with Crippen molar-refractivity contribution in [3.8, 4) is 5.75 Å². The van der Waals surface area contributed by atoms with Crippen molar-refractivity contribution in [2.45, 2.75) is 19.4 Å². The quantitative estimate of drug-likeness (QED) is 0.839. The molecule has 2 rings (SSSR count). The van der Waals surface area contributed by atoms with Crippen molar-refractivity contribution >= 4 is 17.8 Å². The molecule has 124 valence electrons. The Kier molecular flexibility index (Phi) is 5.20. The number of hydrogen-bond donors (Lipinski definition) is 2. The largest absolute Gasteiger partial charge is 0.496 e. The Morgan fingerprint density at radius 3 is 2.78 bits per heavy atom. The second-order valence-corrected chi connectivity index (χ2v) is 5.56. The summed E-state index contributed by atoms with van der Waals surface area (Å²) >= 11 is 0. The molecule has 1 aliphatic rings. The lowest BCUT2D eigenvalue weighted by atomic mass is 9.95. The van der Waals surface area contributed by atoms with E-state index in [1.54, 1.807) is 24.1 Å². The highest BCUT2D eigenvalue weighted by molar-refractivity contribution is 5.91. The van der Waals surface area contributed by atoms with Crippen LogP contribution in [0.3, 0.4) is 0 Å². The molecule has 7 nitrogen and oxygen atoms in total. The van der Waals surface area contributed by atoms with E-state index in [1.807, 2.05) is 0 Å². The fraction of sp³-hybridized carbons (Fsp3) is 0.438. The molecule has 2 N–H and O–H groups in total. The van der Waals surface area contributed by atoms with Gasteiger partial charge in [0, 0.05) is 32.5 Å². The first-order valence-corrected chi connectivity index (χ1v) is 7.34. The topological polar surface area (TPSA) is 95.9 Å². The minimum atomic E-state index is -1.09. The number of aromatic carboxylic acids is 1. The minimum absolute atomic E-state index is 0.0333. The van der Waals surface area contributed by atoms with Crippen LogP contribution in [0.1, 0.15) is 28.8 Å². The highest BCUT2D eigenvalue weighted by Crippen LogP contribution is 2.21. The summed E-state index contributed by atoms with van der Waals surface area (Å²) in [5.74, 6) is -1.35. The van der Waals surface area contributed by atoms with E-state index < -0.39 is 5.97 Å². The number of likely N-dealkylation sites (tertiary alicyclic amines) is 1. The zero-order chi connectivity index (χ0) is 17.0. The summed E-state index contributed by atoms with van der Waals surface area (Å²) in [6, 6.07) is 4.73. The molecule has 1 aliphatic heterocycles. The first-order valence-electron chi connectivity index (χ1n) is 7.34. The Hall–Kier alpha value is -2.57. The van der Waals surface area contributed by atoms with Crippen LogP contribution < -0.4 is 10.1 Å². The van der Waals surface area contributed by atoms with E-state index in [9.17, 15) is 14.4 Å². The van der Waals surface area contributed by atoms with E-state index in [2.05, 4.69) is 5.32 Å². The molecule has 1 atom stereocenters. The van der Waals surface area contributed by atoms with E-state index in [-0.39, 0.29) is 42.0 Å². The summed E-state index contributed by atoms with van der Waals surface area (Å²) in [5.41, 5.74) is 0.713. The number of ether oxygens (including phenoxy) is 1. The van der Waals surface area contributed by atoms with Gasteiger partial charge >= 0.3 is 5.97 Å². The summed E-state index contributed by atoms with van der Waals surface area (Å²) in [5, 5.41) is 11.9. The van der Waals surface area contributed by atoms with E-state index in [0.29, 0.717) is 18.5 Å². The molecule has 1 fully saturated rings. The standard InChI is InChI=1S/C16H20N2O5/c1-18-6-5-11(8-14(18)19)15(20)17-9-10-3-4-13(23-2)12(7-10)16(21)22/h3-4,7,11H,5-6,8-9H2,1-2H3,(H,17,20)(H,21,22)/t11-/m0/s1. The van der Waals surface area contributed by atoms with E-state index in [1.165, 1.54) is 13.2 Å². The van der Waals surface area contributed by atoms with Crippen LogP contribution in [-0.4, -0.2) is 48.5 Å². The third-order valence-corrected chi connectivity index (χ3v) is 3.99. The SMILES string of the molecule is COc1ccc(CNC(=O)[C@H]2CCN(C)C(=O)C2)cc1C(=O)O. The third kappa shape index (κ3) is 4.00. The van der Waals surface area contributed by atoms with Gasteiger partial charge in [-0.3, -0.25) is 9.59 Å². The Labute approximate surface area is 134 Å². The number of hydrogen-bond acceptors (Lipinski definition) is 4. The average molecular weight is 320 g/mol. The summed E-state index contributed by atoms with van der Waals surface area (Å²) in [6.07, 6.45) is 0.850. The number of benzene rings is 1. The van der Waals surface area contributed by atoms with Gasteiger partial charge in [0.1, 0.15) is 11.3 Å². The Morgan fingerprint density at radius 2 is 2.17 bits per heavy atom. The molecule has 23 heavy (non-hydrogen) atoms. The number of amides is 2. The molecular weight excluding hydrogens is 300 g/mol. The van der Waals surface area contributed by atoms with Gasteiger partial charge in [-0.15, -0.1) is 0 Å². The number of nitrogens with one attached hydrogen (secondary N) is 1. The van der Waals surface area contributed by atoms with Crippen LogP contribution in [0.4, 0.5) is 0 Å². The van der Waals surface area contributed by atoms with Gasteiger partial charge in [0.25, 0.3) is 0 Å². The molecule has 1 heterocycles. The maximum atomic E-state index is 12.1. The number of methoxy groups -OCH3 is 1. The summed E-state index contributed by atoms with van der Waals surface area (Å²) < 4.78 is 4.99. The van der Waals surface area contributed by atoms with Gasteiger partial charge in [-0.2, -0.15) is 0 Å². The fourth-order valence-electron chi connectivity index (χ4n) is 2.53. The van der Waals surface area contributed by atoms with Crippen LogP contribution in [0.15, 0.2) is 18.2 Å². The van der Waals surface area contributed by atoms with E-state index >= 15 is 0 Å². The maximum absolute atomic E-state index is 12.1. The van der Waals surface area contributed by atoms with Crippen LogP contribution in [0.2, 0.25) is 0 Å². The number of rotatable bonds is 5. The van der Waals surface area contributed by atoms with Crippen molar-refractivity contribution in [2.75, 3.05) is 20.7 Å². The minimum Gasteiger partial charge on any atom is -0.496 e. The monoisotopic (exact) mass is 320 g/mol. The lowest BCUT2D eigenvalue weighted by Gasteiger charge is -2.27. The molecule has 1 saturated heterocycles. The van der Waals surface area contributed by atoms with Crippen LogP contribution in [0, 0.1) is 5.92 Å². The van der Waals surface area contributed by atoms with Crippen LogP contribution in [0.25, 0.3) is 0 Å². The number of carbonyl (C=O) groups excluding carboxylic acids is 2. The maximum Gasteiger partial charge on any atom is 0.339 e. The molecule has 0 unspecified atom stereocenters. The van der Waals surface area contributed by atoms with Crippen molar-refractivity contribution < 1.29 is 24.2 Å². The number of piperidine rings is 1. The van der Waals surface area contributed by atoms with Crippen molar-refractivity contribution in [3.05, 3.63) is 29.3 Å². The highest BCUT2D eigenvalue weighted by Gasteiger charge is 2.28. The van der Waals surface area contributed by atoms with E-state index in [0.717, 1.165) is 0 Å². The van der Waals surface area contributed by atoms with Crippen LogP contribution in [-0.2, 0) is 16.1 Å². The number of carbonyl (C=O) groups is 3. The molecule has 0 bridgehead atoms. The smallest absolute Gasteiger partial charge is 0.339 e. The van der Waals surface area contributed by atoms with Crippen LogP contribution >= 0.6 is 0 Å². The Morgan fingerprint density at radius 1 is 1.43 bits per heavy atom. The number of nitrogens with zero attached hydrogens (tertiary/aromatic N) is 1. The molecule has 0 aliphatic carbocycles. The lowest BCUT2D eigenvalue weighted by molar-refractivity contribution is -0.139. The van der Waals surface area contributed by atoms with Gasteiger partial charge in [-0.1, -0.05) is 6.07 Å². The molecule has 1 aromatic rings. The van der Waals surface area contributed by atoms with Gasteiger partial charge in [0.2, 0.25) is 11.8 Å². The molecule has 0 saturated carbocycles. The summed E-state index contributed by atoms with van der Waals surface area (Å²) in [6.45, 7) is 0.784. The second kappa shape index (κ2) is 7.13. The normalized spacial score (nSPS) is 17.7.